The minimum absolute atomic E-state index is 0.281. The van der Waals surface area contributed by atoms with E-state index in [9.17, 15) is 0 Å². The van der Waals surface area contributed by atoms with Crippen LogP contribution in [0.5, 0.6) is 0 Å². The average Bonchev–Trinajstić information content (AvgIpc) is 2.50. The molecule has 0 aliphatic carbocycles. The predicted molar refractivity (Wildman–Crippen MR) is 91.9 cm³/mol. The molecule has 0 aromatic heterocycles. The second kappa shape index (κ2) is 7.04. The topological polar surface area (TPSA) is 62.8 Å². The Balaban J connectivity index is 2.41. The molecule has 102 valence electrons. The number of benzene rings is 2. The molecule has 0 bridgehead atoms. The van der Waals surface area contributed by atoms with Gasteiger partial charge in [-0.25, -0.2) is 5.43 Å². The first kappa shape index (κ1) is 14.5. The van der Waals surface area contributed by atoms with Gasteiger partial charge in [-0.15, -0.1) is 0 Å². The van der Waals surface area contributed by atoms with Crippen LogP contribution in [-0.4, -0.2) is 18.7 Å². The van der Waals surface area contributed by atoms with Crippen molar-refractivity contribution in [2.24, 2.45) is 15.8 Å². The molecule has 0 saturated heterocycles. The van der Waals surface area contributed by atoms with Gasteiger partial charge in [-0.3, -0.25) is 4.99 Å². The lowest BCUT2D eigenvalue weighted by Gasteiger charge is -2.08. The number of aliphatic imine (C=N–C) groups is 1. The normalized spacial score (nSPS) is 12.3. The van der Waals surface area contributed by atoms with Gasteiger partial charge in [0.25, 0.3) is 0 Å². The summed E-state index contributed by atoms with van der Waals surface area (Å²) in [6.45, 7) is 0. The minimum Gasteiger partial charge on any atom is -0.369 e. The Morgan fingerprint density at radius 3 is 2.20 bits per heavy atom. The van der Waals surface area contributed by atoms with Gasteiger partial charge >= 0.3 is 0 Å². The van der Waals surface area contributed by atoms with E-state index in [1.165, 1.54) is 3.57 Å². The Hall–Kier alpha value is -1.89. The summed E-state index contributed by atoms with van der Waals surface area (Å²) < 4.78 is 1.18. The average molecular weight is 378 g/mol. The number of nitrogens with zero attached hydrogens (tertiary/aromatic N) is 2. The van der Waals surface area contributed by atoms with E-state index in [-0.39, 0.29) is 5.96 Å². The lowest BCUT2D eigenvalue weighted by Crippen LogP contribution is -2.28. The van der Waals surface area contributed by atoms with Gasteiger partial charge in [0.1, 0.15) is 0 Å². The Morgan fingerprint density at radius 1 is 1.00 bits per heavy atom. The van der Waals surface area contributed by atoms with Crippen LogP contribution in [0.3, 0.4) is 0 Å². The largest absolute Gasteiger partial charge is 0.369 e. The monoisotopic (exact) mass is 378 g/mol. The van der Waals surface area contributed by atoms with Crippen molar-refractivity contribution in [2.45, 2.75) is 0 Å². The Morgan fingerprint density at radius 2 is 1.60 bits per heavy atom. The molecular formula is C15H15IN4. The molecule has 0 unspecified atom stereocenters. The van der Waals surface area contributed by atoms with Gasteiger partial charge in [0.15, 0.2) is 0 Å². The van der Waals surface area contributed by atoms with E-state index in [1.54, 1.807) is 7.05 Å². The molecule has 0 aliphatic heterocycles. The van der Waals surface area contributed by atoms with Crippen molar-refractivity contribution < 1.29 is 0 Å². The first-order valence-corrected chi connectivity index (χ1v) is 7.16. The van der Waals surface area contributed by atoms with Crippen LogP contribution in [0.25, 0.3) is 0 Å². The highest BCUT2D eigenvalue weighted by Gasteiger charge is 2.07. The maximum atomic E-state index is 5.63. The zero-order valence-electron chi connectivity index (χ0n) is 11.0. The van der Waals surface area contributed by atoms with Crippen molar-refractivity contribution in [1.29, 1.82) is 0 Å². The molecule has 2 aromatic carbocycles. The number of guanidine groups is 1. The second-order valence-electron chi connectivity index (χ2n) is 4.05. The van der Waals surface area contributed by atoms with E-state index in [2.05, 4.69) is 38.1 Å². The highest BCUT2D eigenvalue weighted by atomic mass is 127. The fourth-order valence-electron chi connectivity index (χ4n) is 1.66. The first-order valence-electron chi connectivity index (χ1n) is 6.08. The molecule has 0 fully saturated rings. The van der Waals surface area contributed by atoms with Gasteiger partial charge in [0.05, 0.1) is 5.71 Å². The van der Waals surface area contributed by atoms with Gasteiger partial charge in [-0.2, -0.15) is 5.10 Å². The lowest BCUT2D eigenvalue weighted by atomic mass is 10.0. The zero-order chi connectivity index (χ0) is 14.4. The van der Waals surface area contributed by atoms with Crippen molar-refractivity contribution in [3.8, 4) is 0 Å². The SMILES string of the molecule is CN=C(N)NN=C(c1ccccc1)c1ccc(I)cc1. The third kappa shape index (κ3) is 3.80. The van der Waals surface area contributed by atoms with Gasteiger partial charge in [-0.1, -0.05) is 42.5 Å². The first-order chi connectivity index (χ1) is 9.70. The van der Waals surface area contributed by atoms with E-state index in [0.717, 1.165) is 16.8 Å². The Bertz CT molecular complexity index is 618. The number of halogens is 1. The van der Waals surface area contributed by atoms with Crippen molar-refractivity contribution in [3.63, 3.8) is 0 Å². The molecule has 3 N–H and O–H groups in total. The van der Waals surface area contributed by atoms with Crippen LogP contribution >= 0.6 is 22.6 Å². The molecule has 0 radical (unpaired) electrons. The number of hydrogen-bond acceptors (Lipinski definition) is 2. The third-order valence-corrected chi connectivity index (χ3v) is 3.41. The van der Waals surface area contributed by atoms with Crippen LogP contribution in [0.2, 0.25) is 0 Å². The maximum Gasteiger partial charge on any atom is 0.209 e. The highest BCUT2D eigenvalue weighted by Crippen LogP contribution is 2.13. The van der Waals surface area contributed by atoms with Crippen LogP contribution in [0.1, 0.15) is 11.1 Å². The molecule has 0 atom stereocenters. The smallest absolute Gasteiger partial charge is 0.209 e. The van der Waals surface area contributed by atoms with Gasteiger partial charge in [-0.05, 0) is 34.7 Å². The molecule has 2 rings (SSSR count). The van der Waals surface area contributed by atoms with E-state index in [0.29, 0.717) is 0 Å². The molecule has 0 heterocycles. The summed E-state index contributed by atoms with van der Waals surface area (Å²) in [4.78, 5) is 3.84. The molecule has 4 nitrogen and oxygen atoms in total. The summed E-state index contributed by atoms with van der Waals surface area (Å²) in [5.74, 6) is 0.281. The van der Waals surface area contributed by atoms with Crippen LogP contribution in [-0.2, 0) is 0 Å². The molecule has 5 heteroatoms. The van der Waals surface area contributed by atoms with Gasteiger partial charge in [0, 0.05) is 21.7 Å². The predicted octanol–water partition coefficient (Wildman–Crippen LogP) is 2.58. The molecule has 0 spiro atoms. The summed E-state index contributed by atoms with van der Waals surface area (Å²) in [5.41, 5.74) is 11.3. The number of rotatable bonds is 3. The Labute approximate surface area is 131 Å². The van der Waals surface area contributed by atoms with Crippen LogP contribution in [0, 0.1) is 3.57 Å². The van der Waals surface area contributed by atoms with Crippen molar-refractivity contribution in [1.82, 2.24) is 5.43 Å². The molecular weight excluding hydrogens is 363 g/mol. The van der Waals surface area contributed by atoms with Crippen LogP contribution in [0.4, 0.5) is 0 Å². The van der Waals surface area contributed by atoms with E-state index < -0.39 is 0 Å². The molecule has 2 aromatic rings. The summed E-state index contributed by atoms with van der Waals surface area (Å²) >= 11 is 2.28. The maximum absolute atomic E-state index is 5.63. The Kier molecular flexibility index (Phi) is 5.11. The quantitative estimate of drug-likeness (QED) is 0.373. The highest BCUT2D eigenvalue weighted by molar-refractivity contribution is 14.1. The summed E-state index contributed by atoms with van der Waals surface area (Å²) in [6.07, 6.45) is 0. The van der Waals surface area contributed by atoms with E-state index in [4.69, 9.17) is 5.73 Å². The van der Waals surface area contributed by atoms with Gasteiger partial charge in [0.2, 0.25) is 5.96 Å². The number of nitrogens with two attached hydrogens (primary N) is 1. The molecule has 20 heavy (non-hydrogen) atoms. The van der Waals surface area contributed by atoms with Crippen LogP contribution in [0.15, 0.2) is 64.7 Å². The lowest BCUT2D eigenvalue weighted by molar-refractivity contribution is 0.999. The third-order valence-electron chi connectivity index (χ3n) is 2.69. The number of nitrogens with one attached hydrogen (secondary N) is 1. The van der Waals surface area contributed by atoms with Gasteiger partial charge < -0.3 is 5.73 Å². The van der Waals surface area contributed by atoms with E-state index in [1.807, 2.05) is 54.6 Å². The zero-order valence-corrected chi connectivity index (χ0v) is 13.2. The summed E-state index contributed by atoms with van der Waals surface area (Å²) in [6, 6.07) is 18.1. The fraction of sp³-hybridized carbons (Fsp3) is 0.0667. The standard InChI is InChI=1S/C15H15IN4/c1-18-15(17)20-19-14(11-5-3-2-4-6-11)12-7-9-13(16)10-8-12/h2-10H,1H3,(H3,17,18,20). The van der Waals surface area contributed by atoms with Crippen molar-refractivity contribution in [2.75, 3.05) is 7.05 Å². The summed E-state index contributed by atoms with van der Waals surface area (Å²) in [7, 11) is 1.62. The van der Waals surface area contributed by atoms with Crippen molar-refractivity contribution >= 4 is 34.3 Å². The molecule has 0 amide bonds. The number of hydrazone groups is 1. The number of hydrogen-bond donors (Lipinski definition) is 2. The molecule has 0 saturated carbocycles. The van der Waals surface area contributed by atoms with Crippen LogP contribution < -0.4 is 11.2 Å². The second-order valence-corrected chi connectivity index (χ2v) is 5.30. The molecule has 0 aliphatic rings. The summed E-state index contributed by atoms with van der Waals surface area (Å²) in [5, 5.41) is 4.37. The minimum atomic E-state index is 0.281. The van der Waals surface area contributed by atoms with Crippen molar-refractivity contribution in [3.05, 3.63) is 69.3 Å². The fourth-order valence-corrected chi connectivity index (χ4v) is 2.02. The van der Waals surface area contributed by atoms with E-state index >= 15 is 0 Å².